The first-order valence-electron chi connectivity index (χ1n) is 7.85. The van der Waals surface area contributed by atoms with Gasteiger partial charge in [-0.3, -0.25) is 4.79 Å². The molecule has 3 fully saturated rings. The molecule has 2 amide bonds. The molecular weight excluding hydrogens is 272 g/mol. The summed E-state index contributed by atoms with van der Waals surface area (Å²) >= 11 is 0. The molecule has 3 saturated heterocycles. The van der Waals surface area contributed by atoms with Crippen molar-refractivity contribution in [3.63, 3.8) is 0 Å². The third-order valence-electron chi connectivity index (χ3n) is 5.54. The minimum absolute atomic E-state index is 0.0141. The number of methoxy groups -OCH3 is 1. The van der Waals surface area contributed by atoms with Crippen molar-refractivity contribution in [1.82, 2.24) is 9.80 Å². The van der Waals surface area contributed by atoms with Crippen LogP contribution < -0.4 is 0 Å². The molecule has 0 aromatic carbocycles. The molecule has 0 radical (unpaired) electrons. The highest BCUT2D eigenvalue weighted by Gasteiger charge is 2.52. The fourth-order valence-corrected chi connectivity index (χ4v) is 4.23. The summed E-state index contributed by atoms with van der Waals surface area (Å²) in [7, 11) is 1.69. The number of hydrogen-bond donors (Lipinski definition) is 1. The smallest absolute Gasteiger partial charge is 0.320 e. The van der Waals surface area contributed by atoms with Crippen molar-refractivity contribution in [1.29, 1.82) is 0 Å². The van der Waals surface area contributed by atoms with Crippen molar-refractivity contribution in [3.05, 3.63) is 0 Å². The number of rotatable bonds is 2. The topological polar surface area (TPSA) is 70.1 Å². The molecule has 0 saturated carbocycles. The number of urea groups is 1. The zero-order valence-electron chi connectivity index (χ0n) is 12.7. The van der Waals surface area contributed by atoms with Crippen molar-refractivity contribution >= 4 is 12.0 Å². The molecule has 0 spiro atoms. The van der Waals surface area contributed by atoms with E-state index in [1.54, 1.807) is 7.11 Å². The van der Waals surface area contributed by atoms with Crippen LogP contribution in [0.1, 0.15) is 32.6 Å². The number of carboxylic acids is 1. The van der Waals surface area contributed by atoms with Gasteiger partial charge in [0.15, 0.2) is 0 Å². The summed E-state index contributed by atoms with van der Waals surface area (Å²) in [6, 6.07) is 0.0180. The summed E-state index contributed by atoms with van der Waals surface area (Å²) in [5, 5.41) is 9.29. The summed E-state index contributed by atoms with van der Waals surface area (Å²) in [6.07, 6.45) is 3.40. The molecule has 118 valence electrons. The molecule has 3 heterocycles. The summed E-state index contributed by atoms with van der Waals surface area (Å²) in [4.78, 5) is 27.8. The number of ether oxygens (including phenoxy) is 1. The van der Waals surface area contributed by atoms with Crippen LogP contribution in [0.3, 0.4) is 0 Å². The highest BCUT2D eigenvalue weighted by molar-refractivity contribution is 5.79. The molecule has 21 heavy (non-hydrogen) atoms. The lowest BCUT2D eigenvalue weighted by Gasteiger charge is -2.39. The van der Waals surface area contributed by atoms with E-state index in [1.165, 1.54) is 0 Å². The van der Waals surface area contributed by atoms with Crippen molar-refractivity contribution in [2.45, 2.75) is 50.8 Å². The minimum Gasteiger partial charge on any atom is -0.481 e. The number of carboxylic acid groups (broad SMARTS) is 1. The molecule has 3 aliphatic rings. The number of fused-ring (bicyclic) bond motifs is 2. The Hall–Kier alpha value is -1.30. The molecular formula is C15H24N2O4. The van der Waals surface area contributed by atoms with Crippen LogP contribution in [0.4, 0.5) is 4.79 Å². The predicted octanol–water partition coefficient (Wildman–Crippen LogP) is 1.40. The summed E-state index contributed by atoms with van der Waals surface area (Å²) in [6.45, 7) is 3.51. The molecule has 6 nitrogen and oxygen atoms in total. The van der Waals surface area contributed by atoms with E-state index in [1.807, 2.05) is 9.80 Å². The van der Waals surface area contributed by atoms with Crippen molar-refractivity contribution < 1.29 is 19.4 Å². The molecule has 0 aromatic heterocycles. The standard InChI is InChI=1S/C15H24N2O4/c1-9-5-6-16(8-13(9)21-2)15(20)17-10-3-4-12(17)11(7-10)14(18)19/h9-13H,3-8H2,1-2H3,(H,18,19). The van der Waals surface area contributed by atoms with E-state index in [9.17, 15) is 14.7 Å². The van der Waals surface area contributed by atoms with Crippen LogP contribution in [0.2, 0.25) is 0 Å². The van der Waals surface area contributed by atoms with Gasteiger partial charge in [0.05, 0.1) is 12.0 Å². The first-order valence-corrected chi connectivity index (χ1v) is 7.85. The molecule has 1 N–H and O–H groups in total. The highest BCUT2D eigenvalue weighted by Crippen LogP contribution is 2.42. The molecule has 0 aromatic rings. The maximum atomic E-state index is 12.8. The number of piperidine rings is 1. The molecule has 3 aliphatic heterocycles. The Morgan fingerprint density at radius 2 is 2.00 bits per heavy atom. The van der Waals surface area contributed by atoms with Crippen LogP contribution >= 0.6 is 0 Å². The van der Waals surface area contributed by atoms with Crippen LogP contribution in [-0.4, -0.2) is 65.3 Å². The lowest BCUT2D eigenvalue weighted by Crippen LogP contribution is -2.53. The van der Waals surface area contributed by atoms with E-state index < -0.39 is 5.97 Å². The number of carbonyl (C=O) groups is 2. The van der Waals surface area contributed by atoms with Gasteiger partial charge in [-0.05, 0) is 31.6 Å². The maximum Gasteiger partial charge on any atom is 0.320 e. The monoisotopic (exact) mass is 296 g/mol. The fraction of sp³-hybridized carbons (Fsp3) is 0.867. The zero-order chi connectivity index (χ0) is 15.1. The van der Waals surface area contributed by atoms with E-state index in [0.717, 1.165) is 25.8 Å². The van der Waals surface area contributed by atoms with Crippen molar-refractivity contribution in [2.75, 3.05) is 20.2 Å². The van der Waals surface area contributed by atoms with Gasteiger partial charge in [-0.2, -0.15) is 0 Å². The van der Waals surface area contributed by atoms with Crippen LogP contribution in [0.5, 0.6) is 0 Å². The number of likely N-dealkylation sites (tertiary alicyclic amines) is 1. The van der Waals surface area contributed by atoms with E-state index in [-0.39, 0.29) is 30.1 Å². The average molecular weight is 296 g/mol. The van der Waals surface area contributed by atoms with Gasteiger partial charge in [-0.1, -0.05) is 6.92 Å². The lowest BCUT2D eigenvalue weighted by molar-refractivity contribution is -0.142. The largest absolute Gasteiger partial charge is 0.481 e. The second-order valence-corrected chi connectivity index (χ2v) is 6.65. The third kappa shape index (κ3) is 2.39. The van der Waals surface area contributed by atoms with Gasteiger partial charge in [0.2, 0.25) is 0 Å². The Bertz CT molecular complexity index is 441. The first kappa shape index (κ1) is 14.6. The van der Waals surface area contributed by atoms with Crippen molar-refractivity contribution in [2.24, 2.45) is 11.8 Å². The van der Waals surface area contributed by atoms with Crippen LogP contribution in [-0.2, 0) is 9.53 Å². The third-order valence-corrected chi connectivity index (χ3v) is 5.54. The average Bonchev–Trinajstić information content (AvgIpc) is 3.04. The molecule has 5 atom stereocenters. The van der Waals surface area contributed by atoms with E-state index >= 15 is 0 Å². The maximum absolute atomic E-state index is 12.8. The van der Waals surface area contributed by atoms with Gasteiger partial charge < -0.3 is 19.6 Å². The van der Waals surface area contributed by atoms with Gasteiger partial charge in [0, 0.05) is 32.3 Å². The number of hydrogen-bond acceptors (Lipinski definition) is 3. The quantitative estimate of drug-likeness (QED) is 0.836. The van der Waals surface area contributed by atoms with E-state index in [4.69, 9.17) is 4.74 Å². The SMILES string of the molecule is COC1CN(C(=O)N2C3CCC2C(C(=O)O)C3)CCC1C. The summed E-state index contributed by atoms with van der Waals surface area (Å²) < 4.78 is 5.47. The van der Waals surface area contributed by atoms with Gasteiger partial charge in [-0.15, -0.1) is 0 Å². The van der Waals surface area contributed by atoms with E-state index in [0.29, 0.717) is 18.9 Å². The first-order chi connectivity index (χ1) is 10.0. The molecule has 3 rings (SSSR count). The van der Waals surface area contributed by atoms with Crippen molar-refractivity contribution in [3.8, 4) is 0 Å². The highest BCUT2D eigenvalue weighted by atomic mass is 16.5. The Balaban J connectivity index is 1.70. The number of nitrogens with zero attached hydrogens (tertiary/aromatic N) is 2. The zero-order valence-corrected chi connectivity index (χ0v) is 12.7. The Labute approximate surface area is 125 Å². The molecule has 2 bridgehead atoms. The summed E-state index contributed by atoms with van der Waals surface area (Å²) in [5.74, 6) is -0.683. The summed E-state index contributed by atoms with van der Waals surface area (Å²) in [5.41, 5.74) is 0. The molecule has 0 aliphatic carbocycles. The van der Waals surface area contributed by atoms with Gasteiger partial charge in [-0.25, -0.2) is 4.79 Å². The Morgan fingerprint density at radius 3 is 2.62 bits per heavy atom. The van der Waals surface area contributed by atoms with Crippen LogP contribution in [0, 0.1) is 11.8 Å². The fourth-order valence-electron chi connectivity index (χ4n) is 4.23. The molecule has 5 unspecified atom stereocenters. The predicted molar refractivity (Wildman–Crippen MR) is 75.9 cm³/mol. The molecule has 6 heteroatoms. The Kier molecular flexibility index (Phi) is 3.82. The van der Waals surface area contributed by atoms with E-state index in [2.05, 4.69) is 6.92 Å². The van der Waals surface area contributed by atoms with Gasteiger partial charge in [0.25, 0.3) is 0 Å². The van der Waals surface area contributed by atoms with Gasteiger partial charge in [0.1, 0.15) is 0 Å². The number of carbonyl (C=O) groups excluding carboxylic acids is 1. The number of aliphatic carboxylic acids is 1. The minimum atomic E-state index is -0.762. The lowest BCUT2D eigenvalue weighted by atomic mass is 9.89. The normalized spacial score (nSPS) is 38.9. The van der Waals surface area contributed by atoms with Gasteiger partial charge >= 0.3 is 12.0 Å². The number of amides is 2. The second-order valence-electron chi connectivity index (χ2n) is 6.65. The second kappa shape index (κ2) is 5.48. The van der Waals surface area contributed by atoms with Crippen LogP contribution in [0.15, 0.2) is 0 Å². The Morgan fingerprint density at radius 1 is 1.24 bits per heavy atom. The van der Waals surface area contributed by atoms with Crippen LogP contribution in [0.25, 0.3) is 0 Å².